The number of nitrogens with zero attached hydrogens (tertiary/aromatic N) is 1. The minimum Gasteiger partial charge on any atom is -0.410 e. The van der Waals surface area contributed by atoms with Crippen molar-refractivity contribution >= 4 is 21.6 Å². The number of carbonyl (C=O) groups excluding carboxylic acids is 1. The minimum absolute atomic E-state index is 0.296. The molecule has 0 fully saturated rings. The smallest absolute Gasteiger partial charge is 0.208 e. The second-order valence-electron chi connectivity index (χ2n) is 1.42. The summed E-state index contributed by atoms with van der Waals surface area (Å²) >= 11 is 0. The van der Waals surface area contributed by atoms with Gasteiger partial charge < -0.3 is 5.21 Å². The average molecular weight is 149 g/mol. The summed E-state index contributed by atoms with van der Waals surface area (Å²) in [7, 11) is -1.48. The summed E-state index contributed by atoms with van der Waals surface area (Å²) in [4.78, 5) is 10.3. The molecule has 0 rings (SSSR count). The van der Waals surface area contributed by atoms with E-state index in [1.54, 1.807) is 0 Å². The fraction of sp³-hybridized carbons (Fsp3) is 0.500. The summed E-state index contributed by atoms with van der Waals surface area (Å²) in [6.45, 7) is 1.19. The largest absolute Gasteiger partial charge is 0.410 e. The molecule has 1 N–H and O–H groups in total. The van der Waals surface area contributed by atoms with Gasteiger partial charge in [-0.2, -0.15) is 0 Å². The third-order valence-corrected chi connectivity index (χ3v) is 1.58. The van der Waals surface area contributed by atoms with E-state index in [0.29, 0.717) is 0 Å². The molecular weight excluding hydrogens is 142 g/mol. The summed E-state index contributed by atoms with van der Waals surface area (Å²) in [5.41, 5.74) is 0. The van der Waals surface area contributed by atoms with Crippen LogP contribution in [0.2, 0.25) is 0 Å². The molecule has 0 aromatic heterocycles. The molecule has 0 saturated carbocycles. The van der Waals surface area contributed by atoms with Gasteiger partial charge in [-0.3, -0.25) is 9.00 Å². The first-order valence-corrected chi connectivity index (χ1v) is 3.71. The molecule has 4 nitrogen and oxygen atoms in total. The van der Waals surface area contributed by atoms with Gasteiger partial charge >= 0.3 is 0 Å². The molecule has 0 aliphatic heterocycles. The van der Waals surface area contributed by atoms with Gasteiger partial charge in [0.2, 0.25) is 5.04 Å². The number of hydrogen-bond donors (Lipinski definition) is 1. The van der Waals surface area contributed by atoms with Crippen LogP contribution in [0.3, 0.4) is 0 Å². The fourth-order valence-corrected chi connectivity index (χ4v) is 0.850. The maximum Gasteiger partial charge on any atom is 0.208 e. The van der Waals surface area contributed by atoms with Gasteiger partial charge in [-0.1, -0.05) is 5.16 Å². The highest BCUT2D eigenvalue weighted by Crippen LogP contribution is 1.84. The fourth-order valence-electron chi connectivity index (χ4n) is 0.330. The highest BCUT2D eigenvalue weighted by atomic mass is 32.2. The van der Waals surface area contributed by atoms with Gasteiger partial charge in [0.15, 0.2) is 5.78 Å². The lowest BCUT2D eigenvalue weighted by Crippen LogP contribution is -2.14. The van der Waals surface area contributed by atoms with Gasteiger partial charge in [-0.15, -0.1) is 0 Å². The van der Waals surface area contributed by atoms with E-state index < -0.39 is 16.6 Å². The lowest BCUT2D eigenvalue weighted by molar-refractivity contribution is -0.110. The van der Waals surface area contributed by atoms with E-state index in [-0.39, 0.29) is 5.04 Å². The van der Waals surface area contributed by atoms with E-state index in [2.05, 4.69) is 5.16 Å². The van der Waals surface area contributed by atoms with E-state index in [4.69, 9.17) is 5.21 Å². The topological polar surface area (TPSA) is 66.7 Å². The van der Waals surface area contributed by atoms with Gasteiger partial charge in [0.25, 0.3) is 0 Å². The molecule has 0 amide bonds. The zero-order chi connectivity index (χ0) is 7.44. The number of Topliss-reactive ketones (excluding diaryl/α,β-unsaturated/α-hetero) is 1. The molecule has 5 heteroatoms. The van der Waals surface area contributed by atoms with Crippen LogP contribution in [0.15, 0.2) is 5.16 Å². The zero-order valence-electron chi connectivity index (χ0n) is 5.12. The molecule has 0 aromatic rings. The first-order valence-electron chi connectivity index (χ1n) is 2.16. The Labute approximate surface area is 55.0 Å². The molecule has 0 unspecified atom stereocenters. The monoisotopic (exact) mass is 149 g/mol. The van der Waals surface area contributed by atoms with Crippen LogP contribution >= 0.6 is 0 Å². The van der Waals surface area contributed by atoms with Gasteiger partial charge in [0.1, 0.15) is 0 Å². The number of carbonyl (C=O) groups is 1. The summed E-state index contributed by atoms with van der Waals surface area (Å²) in [6, 6.07) is 0. The zero-order valence-corrected chi connectivity index (χ0v) is 5.94. The Kier molecular flexibility index (Phi) is 3.08. The van der Waals surface area contributed by atoms with Crippen LogP contribution in [0.5, 0.6) is 0 Å². The van der Waals surface area contributed by atoms with E-state index in [0.717, 1.165) is 0 Å². The van der Waals surface area contributed by atoms with Crippen LogP contribution in [0.1, 0.15) is 6.92 Å². The van der Waals surface area contributed by atoms with Crippen LogP contribution in [0, 0.1) is 0 Å². The van der Waals surface area contributed by atoms with E-state index in [9.17, 15) is 9.00 Å². The van der Waals surface area contributed by atoms with Crippen molar-refractivity contribution in [3.8, 4) is 0 Å². The summed E-state index contributed by atoms with van der Waals surface area (Å²) in [6.07, 6.45) is 1.27. The Balaban J connectivity index is 4.38. The number of rotatable bonds is 1. The summed E-state index contributed by atoms with van der Waals surface area (Å²) in [5.74, 6) is -0.474. The minimum atomic E-state index is -1.48. The predicted molar refractivity (Wildman–Crippen MR) is 34.0 cm³/mol. The number of oxime groups is 1. The Morgan fingerprint density at radius 2 is 2.11 bits per heavy atom. The molecule has 0 bridgehead atoms. The molecule has 0 aliphatic rings. The quantitative estimate of drug-likeness (QED) is 0.242. The standard InChI is InChI=1S/C4H7NO3S/c1-3(6)4(5-7)9(2)8/h7H,1-2H3/b5-4-/t9-/m0/s1. The maximum atomic E-state index is 10.4. The van der Waals surface area contributed by atoms with Crippen molar-refractivity contribution < 1.29 is 14.2 Å². The predicted octanol–water partition coefficient (Wildman–Crippen LogP) is -0.258. The third-order valence-electron chi connectivity index (χ3n) is 0.664. The average Bonchev–Trinajstić information content (AvgIpc) is 1.64. The van der Waals surface area contributed by atoms with E-state index in [1.165, 1.54) is 13.2 Å². The van der Waals surface area contributed by atoms with Gasteiger partial charge in [0, 0.05) is 13.2 Å². The molecule has 1 atom stereocenters. The van der Waals surface area contributed by atoms with Crippen molar-refractivity contribution in [3.63, 3.8) is 0 Å². The molecule has 0 radical (unpaired) electrons. The molecule has 9 heavy (non-hydrogen) atoms. The van der Waals surface area contributed by atoms with Crippen molar-refractivity contribution in [2.24, 2.45) is 5.16 Å². The maximum absolute atomic E-state index is 10.4. The number of ketones is 1. The first-order chi connectivity index (χ1) is 4.09. The van der Waals surface area contributed by atoms with Gasteiger partial charge in [0.05, 0.1) is 10.8 Å². The molecular formula is C4H7NO3S. The third kappa shape index (κ3) is 2.36. The van der Waals surface area contributed by atoms with Crippen molar-refractivity contribution in [2.45, 2.75) is 6.92 Å². The normalized spacial score (nSPS) is 15.1. The summed E-state index contributed by atoms with van der Waals surface area (Å²) in [5, 5.41) is 10.3. The highest BCUT2D eigenvalue weighted by Gasteiger charge is 2.09. The van der Waals surface area contributed by atoms with Crippen molar-refractivity contribution in [1.82, 2.24) is 0 Å². The Morgan fingerprint density at radius 3 is 2.11 bits per heavy atom. The van der Waals surface area contributed by atoms with Crippen LogP contribution in [-0.2, 0) is 15.6 Å². The first kappa shape index (κ1) is 8.29. The van der Waals surface area contributed by atoms with Crippen molar-refractivity contribution in [1.29, 1.82) is 0 Å². The second kappa shape index (κ2) is 3.34. The molecule has 0 aliphatic carbocycles. The molecule has 0 aromatic carbocycles. The summed E-state index contributed by atoms with van der Waals surface area (Å²) < 4.78 is 10.4. The van der Waals surface area contributed by atoms with Crippen LogP contribution in [0.25, 0.3) is 0 Å². The Bertz CT molecular complexity index is 159. The van der Waals surface area contributed by atoms with Gasteiger partial charge in [-0.25, -0.2) is 0 Å². The van der Waals surface area contributed by atoms with Crippen molar-refractivity contribution in [2.75, 3.05) is 6.26 Å². The molecule has 0 heterocycles. The van der Waals surface area contributed by atoms with E-state index in [1.807, 2.05) is 0 Å². The Hall–Kier alpha value is -0.710. The lowest BCUT2D eigenvalue weighted by Gasteiger charge is -1.90. The molecule has 0 spiro atoms. The molecule has 0 saturated heterocycles. The van der Waals surface area contributed by atoms with Crippen LogP contribution < -0.4 is 0 Å². The Morgan fingerprint density at radius 1 is 1.67 bits per heavy atom. The van der Waals surface area contributed by atoms with Crippen LogP contribution in [-0.4, -0.2) is 26.5 Å². The second-order valence-corrected chi connectivity index (χ2v) is 2.71. The lowest BCUT2D eigenvalue weighted by atomic mass is 10.5. The van der Waals surface area contributed by atoms with Crippen LogP contribution in [0.4, 0.5) is 0 Å². The molecule has 52 valence electrons. The van der Waals surface area contributed by atoms with Crippen molar-refractivity contribution in [3.05, 3.63) is 0 Å². The SMILES string of the molecule is CC(=O)/C(=N/O)[S@](C)=O. The van der Waals surface area contributed by atoms with Gasteiger partial charge in [-0.05, 0) is 0 Å². The van der Waals surface area contributed by atoms with E-state index >= 15 is 0 Å². The highest BCUT2D eigenvalue weighted by molar-refractivity contribution is 8.02. The number of hydrogen-bond acceptors (Lipinski definition) is 4.